The maximum Gasteiger partial charge on any atom is 0.226 e. The fraction of sp³-hybridized carbons (Fsp3) is 0.318. The number of aromatic nitrogens is 2. The van der Waals surface area contributed by atoms with Crippen molar-refractivity contribution in [2.24, 2.45) is 5.92 Å². The summed E-state index contributed by atoms with van der Waals surface area (Å²) < 4.78 is 5.22. The van der Waals surface area contributed by atoms with Gasteiger partial charge in [0, 0.05) is 13.0 Å². The minimum Gasteiger partial charge on any atom is -0.497 e. The van der Waals surface area contributed by atoms with Gasteiger partial charge in [-0.3, -0.25) is 9.59 Å². The van der Waals surface area contributed by atoms with Crippen LogP contribution >= 0.6 is 0 Å². The Balaban J connectivity index is 1.52. The Hall–Kier alpha value is -3.35. The number of amides is 2. The largest absolute Gasteiger partial charge is 0.497 e. The van der Waals surface area contributed by atoms with Crippen LogP contribution in [-0.2, 0) is 16.1 Å². The number of carbonyl (C=O) groups is 2. The molecule has 2 aromatic carbocycles. The lowest BCUT2D eigenvalue weighted by Crippen LogP contribution is -2.35. The highest BCUT2D eigenvalue weighted by Crippen LogP contribution is 2.38. The van der Waals surface area contributed by atoms with Gasteiger partial charge in [0.15, 0.2) is 0 Å². The fourth-order valence-corrected chi connectivity index (χ4v) is 4.00. The van der Waals surface area contributed by atoms with Gasteiger partial charge in [-0.1, -0.05) is 24.3 Å². The summed E-state index contributed by atoms with van der Waals surface area (Å²) in [7, 11) is 1.61. The number of aromatic amines is 1. The molecule has 1 saturated heterocycles. The molecular formula is C22H24N4O3. The number of hydrogen-bond donors (Lipinski definition) is 2. The summed E-state index contributed by atoms with van der Waals surface area (Å²) in [5, 5.41) is 2.95. The second-order valence-electron chi connectivity index (χ2n) is 7.13. The van der Waals surface area contributed by atoms with Crippen LogP contribution in [0.25, 0.3) is 11.0 Å². The van der Waals surface area contributed by atoms with Crippen LogP contribution in [0.5, 0.6) is 5.75 Å². The van der Waals surface area contributed by atoms with E-state index in [1.54, 1.807) is 12.0 Å². The molecule has 1 aromatic heterocycles. The Bertz CT molecular complexity index is 995. The number of para-hydroxylation sites is 2. The molecule has 4 rings (SSSR count). The standard InChI is InChI=1S/C22H24N4O3/c1-3-26-20(27)12-16(21(26)14-8-10-15(29-2)11-9-14)22(28)23-13-19-24-17-6-4-5-7-18(17)25-19/h4-11,16,21H,3,12-13H2,1-2H3,(H,23,28)(H,24,25)/t16-,21+/m1/s1. The lowest BCUT2D eigenvalue weighted by Gasteiger charge is -2.27. The molecule has 0 unspecified atom stereocenters. The van der Waals surface area contributed by atoms with Crippen LogP contribution in [0, 0.1) is 5.92 Å². The Morgan fingerprint density at radius 1 is 1.24 bits per heavy atom. The molecule has 150 valence electrons. The van der Waals surface area contributed by atoms with E-state index in [1.807, 2.05) is 55.5 Å². The zero-order valence-corrected chi connectivity index (χ0v) is 16.5. The van der Waals surface area contributed by atoms with E-state index in [2.05, 4.69) is 15.3 Å². The van der Waals surface area contributed by atoms with Crippen molar-refractivity contribution < 1.29 is 14.3 Å². The quantitative estimate of drug-likeness (QED) is 0.675. The van der Waals surface area contributed by atoms with E-state index in [0.29, 0.717) is 18.9 Å². The van der Waals surface area contributed by atoms with E-state index in [9.17, 15) is 9.59 Å². The molecule has 7 nitrogen and oxygen atoms in total. The number of nitrogens with one attached hydrogen (secondary N) is 2. The van der Waals surface area contributed by atoms with E-state index in [0.717, 1.165) is 22.3 Å². The molecule has 0 bridgehead atoms. The zero-order chi connectivity index (χ0) is 20.4. The van der Waals surface area contributed by atoms with Crippen molar-refractivity contribution in [1.82, 2.24) is 20.2 Å². The number of rotatable bonds is 6. The van der Waals surface area contributed by atoms with Gasteiger partial charge in [0.05, 0.1) is 36.6 Å². The summed E-state index contributed by atoms with van der Waals surface area (Å²) in [5.74, 6) is 0.845. The number of likely N-dealkylation sites (tertiary alicyclic amines) is 1. The Morgan fingerprint density at radius 3 is 2.69 bits per heavy atom. The molecule has 2 N–H and O–H groups in total. The number of carbonyl (C=O) groups excluding carboxylic acids is 2. The molecule has 2 atom stereocenters. The van der Waals surface area contributed by atoms with E-state index in [4.69, 9.17) is 4.74 Å². The second-order valence-corrected chi connectivity index (χ2v) is 7.13. The molecule has 3 aromatic rings. The van der Waals surface area contributed by atoms with E-state index in [1.165, 1.54) is 0 Å². The van der Waals surface area contributed by atoms with Crippen molar-refractivity contribution in [2.45, 2.75) is 25.9 Å². The topological polar surface area (TPSA) is 87.3 Å². The van der Waals surface area contributed by atoms with Crippen LogP contribution in [0.3, 0.4) is 0 Å². The number of nitrogens with zero attached hydrogens (tertiary/aromatic N) is 2. The summed E-state index contributed by atoms with van der Waals surface area (Å²) >= 11 is 0. The molecule has 0 spiro atoms. The average molecular weight is 392 g/mol. The molecule has 0 saturated carbocycles. The third-order valence-corrected chi connectivity index (χ3v) is 5.44. The van der Waals surface area contributed by atoms with Crippen LogP contribution in [-0.4, -0.2) is 40.3 Å². The molecule has 1 fully saturated rings. The number of imidazole rings is 1. The second kappa shape index (κ2) is 7.95. The zero-order valence-electron chi connectivity index (χ0n) is 16.5. The SMILES string of the molecule is CCN1C(=O)C[C@@H](C(=O)NCc2nc3ccccc3[nH]2)[C@@H]1c1ccc(OC)cc1. The predicted octanol–water partition coefficient (Wildman–Crippen LogP) is 2.80. The third-order valence-electron chi connectivity index (χ3n) is 5.44. The van der Waals surface area contributed by atoms with Crippen molar-refractivity contribution in [3.63, 3.8) is 0 Å². The first-order valence-electron chi connectivity index (χ1n) is 9.75. The summed E-state index contributed by atoms with van der Waals surface area (Å²) in [5.41, 5.74) is 2.73. The fourth-order valence-electron chi connectivity index (χ4n) is 4.00. The van der Waals surface area contributed by atoms with Crippen molar-refractivity contribution in [1.29, 1.82) is 0 Å². The van der Waals surface area contributed by atoms with Crippen molar-refractivity contribution in [3.8, 4) is 5.75 Å². The maximum absolute atomic E-state index is 13.0. The summed E-state index contributed by atoms with van der Waals surface area (Å²) in [6.07, 6.45) is 0.205. The molecule has 0 radical (unpaired) electrons. The highest BCUT2D eigenvalue weighted by Gasteiger charge is 2.43. The number of H-pyrrole nitrogens is 1. The van der Waals surface area contributed by atoms with E-state index < -0.39 is 5.92 Å². The first-order valence-corrected chi connectivity index (χ1v) is 9.75. The van der Waals surface area contributed by atoms with Gasteiger partial charge in [0.25, 0.3) is 0 Å². The number of methoxy groups -OCH3 is 1. The van der Waals surface area contributed by atoms with Crippen LogP contribution in [0.15, 0.2) is 48.5 Å². The normalized spacial score (nSPS) is 19.0. The average Bonchev–Trinajstić information content (AvgIpc) is 3.32. The molecule has 2 heterocycles. The minimum absolute atomic E-state index is 0.00259. The third kappa shape index (κ3) is 3.68. The molecular weight excluding hydrogens is 368 g/mol. The van der Waals surface area contributed by atoms with Gasteiger partial charge in [-0.05, 0) is 36.8 Å². The van der Waals surface area contributed by atoms with Gasteiger partial charge >= 0.3 is 0 Å². The van der Waals surface area contributed by atoms with Gasteiger partial charge < -0.3 is 19.9 Å². The van der Waals surface area contributed by atoms with Crippen LogP contribution < -0.4 is 10.1 Å². The van der Waals surface area contributed by atoms with Gasteiger partial charge in [-0.2, -0.15) is 0 Å². The summed E-state index contributed by atoms with van der Waals surface area (Å²) in [6.45, 7) is 2.78. The van der Waals surface area contributed by atoms with Gasteiger partial charge in [-0.25, -0.2) is 4.98 Å². The first-order chi connectivity index (χ1) is 14.1. The minimum atomic E-state index is -0.444. The van der Waals surface area contributed by atoms with Gasteiger partial charge in [-0.15, -0.1) is 0 Å². The Labute approximate surface area is 169 Å². The van der Waals surface area contributed by atoms with Crippen LogP contribution in [0.1, 0.15) is 30.8 Å². The van der Waals surface area contributed by atoms with E-state index in [-0.39, 0.29) is 24.3 Å². The number of benzene rings is 2. The lowest BCUT2D eigenvalue weighted by atomic mass is 9.92. The highest BCUT2D eigenvalue weighted by atomic mass is 16.5. The number of ether oxygens (including phenoxy) is 1. The van der Waals surface area contributed by atoms with Gasteiger partial charge in [0.2, 0.25) is 11.8 Å². The smallest absolute Gasteiger partial charge is 0.226 e. The molecule has 29 heavy (non-hydrogen) atoms. The Morgan fingerprint density at radius 2 is 2.00 bits per heavy atom. The summed E-state index contributed by atoms with van der Waals surface area (Å²) in [6, 6.07) is 15.0. The van der Waals surface area contributed by atoms with Crippen LogP contribution in [0.2, 0.25) is 0 Å². The van der Waals surface area contributed by atoms with Gasteiger partial charge in [0.1, 0.15) is 11.6 Å². The maximum atomic E-state index is 13.0. The van der Waals surface area contributed by atoms with Crippen molar-refractivity contribution >= 4 is 22.8 Å². The Kier molecular flexibility index (Phi) is 5.20. The lowest BCUT2D eigenvalue weighted by molar-refractivity contribution is -0.129. The van der Waals surface area contributed by atoms with Crippen LogP contribution in [0.4, 0.5) is 0 Å². The molecule has 1 aliphatic rings. The molecule has 2 amide bonds. The van der Waals surface area contributed by atoms with Crippen molar-refractivity contribution in [3.05, 3.63) is 59.9 Å². The number of hydrogen-bond acceptors (Lipinski definition) is 4. The molecule has 0 aliphatic carbocycles. The predicted molar refractivity (Wildman–Crippen MR) is 109 cm³/mol. The van der Waals surface area contributed by atoms with E-state index >= 15 is 0 Å². The first kappa shape index (κ1) is 19.0. The monoisotopic (exact) mass is 392 g/mol. The highest BCUT2D eigenvalue weighted by molar-refractivity contribution is 5.90. The molecule has 1 aliphatic heterocycles. The molecule has 7 heteroatoms. The number of fused-ring (bicyclic) bond motifs is 1. The van der Waals surface area contributed by atoms with Crippen molar-refractivity contribution in [2.75, 3.05) is 13.7 Å². The summed E-state index contributed by atoms with van der Waals surface area (Å²) in [4.78, 5) is 35.0.